The molecule has 3 rings (SSSR count). The summed E-state index contributed by atoms with van der Waals surface area (Å²) < 4.78 is 10.7. The summed E-state index contributed by atoms with van der Waals surface area (Å²) in [5.41, 5.74) is 7.33. The van der Waals surface area contributed by atoms with E-state index in [0.29, 0.717) is 18.9 Å². The first-order valence-electron chi connectivity index (χ1n) is 7.25. The van der Waals surface area contributed by atoms with Crippen molar-refractivity contribution in [1.29, 1.82) is 0 Å². The predicted octanol–water partition coefficient (Wildman–Crippen LogP) is 2.26. The lowest BCUT2D eigenvalue weighted by Crippen LogP contribution is -2.42. The Morgan fingerprint density at radius 3 is 2.91 bits per heavy atom. The molecule has 3 N–H and O–H groups in total. The number of hydrogen-bond donors (Lipinski definition) is 2. The van der Waals surface area contributed by atoms with E-state index in [-0.39, 0.29) is 24.4 Å². The van der Waals surface area contributed by atoms with E-state index >= 15 is 0 Å². The van der Waals surface area contributed by atoms with Crippen molar-refractivity contribution in [2.24, 2.45) is 11.7 Å². The molecule has 5 nitrogen and oxygen atoms in total. The molecular weight excluding hydrogens is 304 g/mol. The van der Waals surface area contributed by atoms with E-state index in [4.69, 9.17) is 14.9 Å². The maximum atomic E-state index is 12.1. The van der Waals surface area contributed by atoms with Crippen LogP contribution in [-0.4, -0.2) is 25.6 Å². The number of nitrogens with one attached hydrogen (secondary N) is 1. The van der Waals surface area contributed by atoms with Crippen molar-refractivity contribution in [1.82, 2.24) is 5.32 Å². The van der Waals surface area contributed by atoms with E-state index in [1.807, 2.05) is 18.2 Å². The third kappa shape index (κ3) is 3.54. The van der Waals surface area contributed by atoms with Crippen molar-refractivity contribution in [2.75, 3.05) is 13.7 Å². The standard InChI is InChI=1S/C16H20N2O3.ClH/c1-20-12-4-5-13-11(9-21-15(13)7-12)6-16(19)18-14(8-17)10-2-3-10;/h4-5,7,9-10,14H,2-3,6,8,17H2,1H3,(H,18,19);1H. The monoisotopic (exact) mass is 324 g/mol. The molecule has 22 heavy (non-hydrogen) atoms. The number of carbonyl (C=O) groups is 1. The lowest BCUT2D eigenvalue weighted by atomic mass is 10.1. The lowest BCUT2D eigenvalue weighted by Gasteiger charge is -2.15. The van der Waals surface area contributed by atoms with E-state index in [1.165, 1.54) is 0 Å². The summed E-state index contributed by atoms with van der Waals surface area (Å²) in [5, 5.41) is 3.97. The first-order chi connectivity index (χ1) is 10.2. The van der Waals surface area contributed by atoms with Crippen LogP contribution in [0.25, 0.3) is 11.0 Å². The zero-order valence-electron chi connectivity index (χ0n) is 12.5. The summed E-state index contributed by atoms with van der Waals surface area (Å²) in [6.45, 7) is 0.500. The van der Waals surface area contributed by atoms with E-state index in [2.05, 4.69) is 5.32 Å². The third-order valence-electron chi connectivity index (χ3n) is 4.01. The van der Waals surface area contributed by atoms with Gasteiger partial charge in [-0.3, -0.25) is 4.79 Å². The van der Waals surface area contributed by atoms with Crippen molar-refractivity contribution in [2.45, 2.75) is 25.3 Å². The average molecular weight is 325 g/mol. The molecule has 1 saturated carbocycles. The Hall–Kier alpha value is -1.72. The first kappa shape index (κ1) is 16.6. The van der Waals surface area contributed by atoms with Gasteiger partial charge in [-0.25, -0.2) is 0 Å². The fourth-order valence-corrected chi connectivity index (χ4v) is 2.63. The van der Waals surface area contributed by atoms with Gasteiger partial charge in [0.15, 0.2) is 0 Å². The molecule has 2 aromatic rings. The number of amides is 1. The van der Waals surface area contributed by atoms with Gasteiger partial charge in [0.2, 0.25) is 5.91 Å². The molecule has 1 aromatic heterocycles. The minimum absolute atomic E-state index is 0. The number of benzene rings is 1. The van der Waals surface area contributed by atoms with Gasteiger partial charge < -0.3 is 20.2 Å². The molecule has 1 atom stereocenters. The van der Waals surface area contributed by atoms with Crippen molar-refractivity contribution >= 4 is 29.3 Å². The van der Waals surface area contributed by atoms with Crippen LogP contribution in [0.1, 0.15) is 18.4 Å². The largest absolute Gasteiger partial charge is 0.497 e. The molecule has 1 aliphatic rings. The minimum Gasteiger partial charge on any atom is -0.497 e. The van der Waals surface area contributed by atoms with Crippen LogP contribution in [0.4, 0.5) is 0 Å². The molecule has 0 aliphatic heterocycles. The molecule has 1 unspecified atom stereocenters. The molecule has 0 spiro atoms. The van der Waals surface area contributed by atoms with E-state index in [9.17, 15) is 4.79 Å². The quantitative estimate of drug-likeness (QED) is 0.854. The van der Waals surface area contributed by atoms with Gasteiger partial charge in [-0.05, 0) is 30.9 Å². The average Bonchev–Trinajstić information content (AvgIpc) is 3.27. The number of hydrogen-bond acceptors (Lipinski definition) is 4. The van der Waals surface area contributed by atoms with Crippen molar-refractivity contribution in [3.05, 3.63) is 30.0 Å². The molecule has 1 heterocycles. The van der Waals surface area contributed by atoms with Crippen molar-refractivity contribution < 1.29 is 13.9 Å². The van der Waals surface area contributed by atoms with Crippen LogP contribution in [0.2, 0.25) is 0 Å². The third-order valence-corrected chi connectivity index (χ3v) is 4.01. The van der Waals surface area contributed by atoms with Gasteiger partial charge in [-0.1, -0.05) is 0 Å². The van der Waals surface area contributed by atoms with Gasteiger partial charge in [-0.2, -0.15) is 0 Å². The fraction of sp³-hybridized carbons (Fsp3) is 0.438. The molecule has 1 aliphatic carbocycles. The van der Waals surface area contributed by atoms with E-state index in [1.54, 1.807) is 13.4 Å². The first-order valence-corrected chi connectivity index (χ1v) is 7.25. The number of carbonyl (C=O) groups excluding carboxylic acids is 1. The topological polar surface area (TPSA) is 77.5 Å². The van der Waals surface area contributed by atoms with Crippen LogP contribution in [0.5, 0.6) is 5.75 Å². The van der Waals surface area contributed by atoms with Gasteiger partial charge in [0, 0.05) is 29.6 Å². The van der Waals surface area contributed by atoms with Crippen LogP contribution in [0.15, 0.2) is 28.9 Å². The number of ether oxygens (including phenoxy) is 1. The van der Waals surface area contributed by atoms with Crippen LogP contribution in [0, 0.1) is 5.92 Å². The second kappa shape index (κ2) is 7.03. The normalized spacial score (nSPS) is 15.2. The number of methoxy groups -OCH3 is 1. The number of furan rings is 1. The highest BCUT2D eigenvalue weighted by molar-refractivity contribution is 5.88. The zero-order chi connectivity index (χ0) is 14.8. The fourth-order valence-electron chi connectivity index (χ4n) is 2.63. The summed E-state index contributed by atoms with van der Waals surface area (Å²) in [6.07, 6.45) is 4.27. The Morgan fingerprint density at radius 1 is 1.50 bits per heavy atom. The lowest BCUT2D eigenvalue weighted by molar-refractivity contribution is -0.121. The number of rotatable bonds is 6. The Balaban J connectivity index is 0.00000176. The molecule has 6 heteroatoms. The Bertz CT molecular complexity index is 652. The van der Waals surface area contributed by atoms with Gasteiger partial charge in [0.05, 0.1) is 19.8 Å². The van der Waals surface area contributed by atoms with Crippen molar-refractivity contribution in [3.8, 4) is 5.75 Å². The Labute approximate surface area is 135 Å². The van der Waals surface area contributed by atoms with Crippen molar-refractivity contribution in [3.63, 3.8) is 0 Å². The Morgan fingerprint density at radius 2 is 2.27 bits per heavy atom. The number of halogens is 1. The van der Waals surface area contributed by atoms with Crippen LogP contribution in [0.3, 0.4) is 0 Å². The molecule has 0 saturated heterocycles. The summed E-state index contributed by atoms with van der Waals surface area (Å²) >= 11 is 0. The predicted molar refractivity (Wildman–Crippen MR) is 87.4 cm³/mol. The minimum atomic E-state index is -0.00383. The highest BCUT2D eigenvalue weighted by atomic mass is 35.5. The second-order valence-electron chi connectivity index (χ2n) is 5.55. The molecule has 120 valence electrons. The van der Waals surface area contributed by atoms with Gasteiger partial charge in [-0.15, -0.1) is 12.4 Å². The molecule has 0 bridgehead atoms. The van der Waals surface area contributed by atoms with Crippen LogP contribution >= 0.6 is 12.4 Å². The van der Waals surface area contributed by atoms with Crippen LogP contribution in [-0.2, 0) is 11.2 Å². The SMILES string of the molecule is COc1ccc2c(CC(=O)NC(CN)C3CC3)coc2c1.Cl. The molecular formula is C16H21ClN2O3. The highest BCUT2D eigenvalue weighted by Crippen LogP contribution is 2.32. The summed E-state index contributed by atoms with van der Waals surface area (Å²) in [6, 6.07) is 5.72. The molecule has 0 radical (unpaired) electrons. The van der Waals surface area contributed by atoms with Gasteiger partial charge in [0.25, 0.3) is 0 Å². The summed E-state index contributed by atoms with van der Waals surface area (Å²) in [4.78, 5) is 12.1. The second-order valence-corrected chi connectivity index (χ2v) is 5.55. The highest BCUT2D eigenvalue weighted by Gasteiger charge is 2.31. The van der Waals surface area contributed by atoms with Gasteiger partial charge in [0.1, 0.15) is 11.3 Å². The smallest absolute Gasteiger partial charge is 0.224 e. The maximum Gasteiger partial charge on any atom is 0.224 e. The maximum absolute atomic E-state index is 12.1. The Kier molecular flexibility index (Phi) is 5.32. The molecule has 1 aromatic carbocycles. The zero-order valence-corrected chi connectivity index (χ0v) is 13.3. The van der Waals surface area contributed by atoms with Crippen LogP contribution < -0.4 is 15.8 Å². The van der Waals surface area contributed by atoms with E-state index < -0.39 is 0 Å². The molecule has 1 amide bonds. The van der Waals surface area contributed by atoms with Gasteiger partial charge >= 0.3 is 0 Å². The summed E-state index contributed by atoms with van der Waals surface area (Å²) in [7, 11) is 1.61. The number of fused-ring (bicyclic) bond motifs is 1. The summed E-state index contributed by atoms with van der Waals surface area (Å²) in [5.74, 6) is 1.30. The van der Waals surface area contributed by atoms with E-state index in [0.717, 1.165) is 35.1 Å². The molecule has 1 fully saturated rings. The number of nitrogens with two attached hydrogens (primary N) is 1.